The summed E-state index contributed by atoms with van der Waals surface area (Å²) in [5, 5.41) is 11.4. The Morgan fingerprint density at radius 1 is 1.19 bits per heavy atom. The fourth-order valence-corrected chi connectivity index (χ4v) is 5.03. The van der Waals surface area contributed by atoms with Crippen molar-refractivity contribution in [3.63, 3.8) is 0 Å². The first-order valence-electron chi connectivity index (χ1n) is 10.4. The third-order valence-electron chi connectivity index (χ3n) is 5.88. The highest BCUT2D eigenvalue weighted by Gasteiger charge is 2.38. The van der Waals surface area contributed by atoms with Crippen molar-refractivity contribution < 1.29 is 4.74 Å². The van der Waals surface area contributed by atoms with Gasteiger partial charge in [-0.15, -0.1) is 21.5 Å². The van der Waals surface area contributed by atoms with Crippen LogP contribution >= 0.6 is 11.3 Å². The second-order valence-electron chi connectivity index (χ2n) is 7.62. The highest BCUT2D eigenvalue weighted by atomic mass is 32.1. The van der Waals surface area contributed by atoms with E-state index in [9.17, 15) is 0 Å². The molecule has 0 amide bonds. The zero-order chi connectivity index (χ0) is 20.8. The van der Waals surface area contributed by atoms with E-state index in [2.05, 4.69) is 42.0 Å². The second-order valence-corrected chi connectivity index (χ2v) is 8.51. The summed E-state index contributed by atoms with van der Waals surface area (Å²) in [6, 6.07) is 0.437. The van der Waals surface area contributed by atoms with E-state index in [0.717, 1.165) is 66.3 Å². The number of H-pyrrole nitrogens is 1. The fourth-order valence-electron chi connectivity index (χ4n) is 4.44. The van der Waals surface area contributed by atoms with Gasteiger partial charge in [-0.3, -0.25) is 4.57 Å². The van der Waals surface area contributed by atoms with Gasteiger partial charge in [-0.2, -0.15) is 0 Å². The van der Waals surface area contributed by atoms with E-state index in [1.807, 2.05) is 16.1 Å². The maximum Gasteiger partial charge on any atom is 0.179 e. The van der Waals surface area contributed by atoms with Gasteiger partial charge in [0.2, 0.25) is 0 Å². The van der Waals surface area contributed by atoms with Crippen molar-refractivity contribution in [2.75, 3.05) is 18.1 Å². The maximum atomic E-state index is 5.62. The second kappa shape index (κ2) is 7.50. The molecule has 6 rings (SSSR count). The molecule has 0 saturated carbocycles. The van der Waals surface area contributed by atoms with Crippen molar-refractivity contribution in [1.29, 1.82) is 0 Å². The molecule has 1 saturated heterocycles. The zero-order valence-electron chi connectivity index (χ0n) is 17.0. The van der Waals surface area contributed by atoms with Crippen LogP contribution in [0.25, 0.3) is 28.0 Å². The molecule has 158 valence electrons. The number of thiazole rings is 1. The van der Waals surface area contributed by atoms with Crippen LogP contribution in [0.2, 0.25) is 0 Å². The SMILES string of the molecule is CC[C@@H]1c2nncn2-c2cnc(-c3cnc(-c4nccs4)[nH]3)nc2N1C1CCOCC1. The number of hydrogen-bond donors (Lipinski definition) is 1. The minimum absolute atomic E-state index is 0.105. The van der Waals surface area contributed by atoms with Crippen LogP contribution in [-0.2, 0) is 4.74 Å². The molecule has 0 unspecified atom stereocenters. The van der Waals surface area contributed by atoms with E-state index in [4.69, 9.17) is 9.72 Å². The lowest BCUT2D eigenvalue weighted by atomic mass is 10.0. The van der Waals surface area contributed by atoms with E-state index in [1.54, 1.807) is 30.1 Å². The summed E-state index contributed by atoms with van der Waals surface area (Å²) in [4.78, 5) is 24.2. The predicted molar refractivity (Wildman–Crippen MR) is 115 cm³/mol. The molecule has 2 aliphatic heterocycles. The molecule has 1 atom stereocenters. The Kier molecular flexibility index (Phi) is 4.50. The van der Waals surface area contributed by atoms with Gasteiger partial charge < -0.3 is 14.6 Å². The van der Waals surface area contributed by atoms with Gasteiger partial charge in [0.25, 0.3) is 0 Å². The van der Waals surface area contributed by atoms with Gasteiger partial charge in [0, 0.05) is 30.8 Å². The first-order chi connectivity index (χ1) is 15.3. The van der Waals surface area contributed by atoms with Gasteiger partial charge in [-0.05, 0) is 19.3 Å². The van der Waals surface area contributed by atoms with E-state index >= 15 is 0 Å². The van der Waals surface area contributed by atoms with Crippen LogP contribution in [-0.4, -0.2) is 58.9 Å². The Balaban J connectivity index is 1.46. The largest absolute Gasteiger partial charge is 0.381 e. The number of ether oxygens (including phenoxy) is 1. The van der Waals surface area contributed by atoms with E-state index in [1.165, 1.54) is 0 Å². The highest BCUT2D eigenvalue weighted by Crippen LogP contribution is 2.41. The monoisotopic (exact) mass is 435 g/mol. The third kappa shape index (κ3) is 3.03. The summed E-state index contributed by atoms with van der Waals surface area (Å²) >= 11 is 1.54. The van der Waals surface area contributed by atoms with Crippen LogP contribution in [0.4, 0.5) is 5.82 Å². The van der Waals surface area contributed by atoms with E-state index in [0.29, 0.717) is 11.9 Å². The van der Waals surface area contributed by atoms with Gasteiger partial charge in [0.1, 0.15) is 17.7 Å². The van der Waals surface area contributed by atoms with Crippen LogP contribution in [0.1, 0.15) is 38.1 Å². The first kappa shape index (κ1) is 18.6. The van der Waals surface area contributed by atoms with Crippen molar-refractivity contribution in [2.24, 2.45) is 0 Å². The molecule has 2 aliphatic rings. The molecule has 0 radical (unpaired) electrons. The summed E-state index contributed by atoms with van der Waals surface area (Å²) in [7, 11) is 0. The number of nitrogens with one attached hydrogen (secondary N) is 1. The minimum Gasteiger partial charge on any atom is -0.381 e. The van der Waals surface area contributed by atoms with Crippen LogP contribution in [0, 0.1) is 0 Å². The molecule has 0 aromatic carbocycles. The van der Waals surface area contributed by atoms with Crippen LogP contribution in [0.3, 0.4) is 0 Å². The molecule has 4 aromatic heterocycles. The molecule has 4 aromatic rings. The van der Waals surface area contributed by atoms with Crippen molar-refractivity contribution in [3.8, 4) is 28.0 Å². The molecule has 10 nitrogen and oxygen atoms in total. The molecular formula is C20H21N9OS. The number of hydrogen-bond acceptors (Lipinski definition) is 9. The van der Waals surface area contributed by atoms with Crippen LogP contribution in [0.15, 0.2) is 30.3 Å². The minimum atomic E-state index is 0.105. The fraction of sp³-hybridized carbons (Fsp3) is 0.400. The lowest BCUT2D eigenvalue weighted by Crippen LogP contribution is -2.45. The van der Waals surface area contributed by atoms with E-state index in [-0.39, 0.29) is 6.04 Å². The highest BCUT2D eigenvalue weighted by molar-refractivity contribution is 7.13. The van der Waals surface area contributed by atoms with E-state index < -0.39 is 0 Å². The van der Waals surface area contributed by atoms with Crippen LogP contribution < -0.4 is 4.90 Å². The first-order valence-corrected chi connectivity index (χ1v) is 11.3. The number of anilines is 1. The molecular weight excluding hydrogens is 414 g/mol. The molecule has 0 aliphatic carbocycles. The summed E-state index contributed by atoms with van der Waals surface area (Å²) in [5.41, 5.74) is 1.67. The number of fused-ring (bicyclic) bond motifs is 3. The lowest BCUT2D eigenvalue weighted by Gasteiger charge is -2.43. The Hall–Kier alpha value is -3.18. The van der Waals surface area contributed by atoms with Crippen LogP contribution in [0.5, 0.6) is 0 Å². The average molecular weight is 436 g/mol. The Morgan fingerprint density at radius 3 is 2.90 bits per heavy atom. The molecule has 6 heterocycles. The smallest absolute Gasteiger partial charge is 0.179 e. The molecule has 31 heavy (non-hydrogen) atoms. The summed E-state index contributed by atoms with van der Waals surface area (Å²) < 4.78 is 7.63. The normalized spacial score (nSPS) is 18.7. The number of aromatic nitrogens is 8. The lowest BCUT2D eigenvalue weighted by molar-refractivity contribution is 0.0817. The van der Waals surface area contributed by atoms with Gasteiger partial charge in [0.05, 0.1) is 18.4 Å². The van der Waals surface area contributed by atoms with Gasteiger partial charge in [0.15, 0.2) is 28.3 Å². The molecule has 1 N–H and O–H groups in total. The molecule has 0 bridgehead atoms. The zero-order valence-corrected chi connectivity index (χ0v) is 17.8. The summed E-state index contributed by atoms with van der Waals surface area (Å²) in [5.74, 6) is 3.17. The maximum absolute atomic E-state index is 5.62. The predicted octanol–water partition coefficient (Wildman–Crippen LogP) is 3.02. The van der Waals surface area contributed by atoms with Crippen molar-refractivity contribution in [2.45, 2.75) is 38.3 Å². The Morgan fingerprint density at radius 2 is 2.10 bits per heavy atom. The topological polar surface area (TPSA) is 111 Å². The number of nitrogens with zero attached hydrogens (tertiary/aromatic N) is 8. The number of imidazole rings is 1. The Labute approximate surface area is 182 Å². The molecule has 11 heteroatoms. The van der Waals surface area contributed by atoms with Crippen molar-refractivity contribution in [1.82, 2.24) is 39.7 Å². The van der Waals surface area contributed by atoms with Crippen molar-refractivity contribution >= 4 is 17.2 Å². The average Bonchev–Trinajstić information content (AvgIpc) is 3.59. The number of rotatable bonds is 4. The van der Waals surface area contributed by atoms with Gasteiger partial charge >= 0.3 is 0 Å². The summed E-state index contributed by atoms with van der Waals surface area (Å²) in [6.07, 6.45) is 9.97. The third-order valence-corrected chi connectivity index (χ3v) is 6.66. The number of aromatic amines is 1. The molecule has 1 fully saturated rings. The summed E-state index contributed by atoms with van der Waals surface area (Å²) in [6.45, 7) is 3.70. The molecule has 0 spiro atoms. The Bertz CT molecular complexity index is 1200. The standard InChI is InChI=1S/C20H21N9OS/c1-2-14-19-27-24-11-28(19)15-10-23-16(13-9-22-17(25-13)20-21-5-8-31-20)26-18(15)29(14)12-3-6-30-7-4-12/h5,8-12,14H,2-4,6-7H2,1H3,(H,22,25)/t14-/m1/s1. The van der Waals surface area contributed by atoms with Crippen molar-refractivity contribution in [3.05, 3.63) is 36.1 Å². The van der Waals surface area contributed by atoms with Gasteiger partial charge in [-0.1, -0.05) is 6.92 Å². The quantitative estimate of drug-likeness (QED) is 0.521. The van der Waals surface area contributed by atoms with Gasteiger partial charge in [-0.25, -0.2) is 19.9 Å².